The van der Waals surface area contributed by atoms with E-state index in [1.165, 1.54) is 96.3 Å². The van der Waals surface area contributed by atoms with E-state index in [0.29, 0.717) is 39.6 Å². The molecule has 2 atom stereocenters. The highest BCUT2D eigenvalue weighted by atomic mass is 16.6. The first-order chi connectivity index (χ1) is 16.7. The largest absolute Gasteiger partial charge is 0.379 e. The monoisotopic (exact) mass is 486 g/mol. The summed E-state index contributed by atoms with van der Waals surface area (Å²) in [6.45, 7) is 14.9. The molecule has 0 spiro atoms. The predicted molar refractivity (Wildman–Crippen MR) is 147 cm³/mol. The van der Waals surface area contributed by atoms with Gasteiger partial charge in [-0.2, -0.15) is 0 Å². The highest BCUT2D eigenvalue weighted by Crippen LogP contribution is 2.21. The molecule has 0 amide bonds. The van der Waals surface area contributed by atoms with Gasteiger partial charge in [-0.1, -0.05) is 105 Å². The third-order valence-corrected chi connectivity index (χ3v) is 6.74. The number of rotatable bonds is 29. The summed E-state index contributed by atoms with van der Waals surface area (Å²) in [6, 6.07) is 0. The molecule has 0 fully saturated rings. The van der Waals surface area contributed by atoms with Gasteiger partial charge in [0.1, 0.15) is 0 Å². The molecule has 0 heterocycles. The van der Waals surface area contributed by atoms with E-state index in [1.807, 2.05) is 0 Å². The fraction of sp³-hybridized carbons (Fsp3) is 1.00. The lowest BCUT2D eigenvalue weighted by atomic mass is 9.91. The molecule has 0 saturated carbocycles. The van der Waals surface area contributed by atoms with Crippen molar-refractivity contribution in [2.45, 2.75) is 130 Å². The molecular weight excluding hydrogens is 424 g/mol. The van der Waals surface area contributed by atoms with E-state index in [0.717, 1.165) is 31.5 Å². The Kier molecular flexibility index (Phi) is 28.9. The van der Waals surface area contributed by atoms with Crippen molar-refractivity contribution in [1.29, 1.82) is 0 Å². The Balaban J connectivity index is 3.31. The van der Waals surface area contributed by atoms with E-state index in [2.05, 4.69) is 27.7 Å². The highest BCUT2D eigenvalue weighted by molar-refractivity contribution is 4.60. The zero-order valence-corrected chi connectivity index (χ0v) is 23.8. The average Bonchev–Trinajstić information content (AvgIpc) is 2.84. The summed E-state index contributed by atoms with van der Waals surface area (Å²) in [4.78, 5) is 0. The molecule has 0 radical (unpaired) electrons. The zero-order valence-electron chi connectivity index (χ0n) is 23.8. The van der Waals surface area contributed by atoms with Crippen LogP contribution in [0.3, 0.4) is 0 Å². The maximum Gasteiger partial charge on any atom is 0.0701 e. The molecule has 2 unspecified atom stereocenters. The normalized spacial score (nSPS) is 13.4. The maximum absolute atomic E-state index is 5.76. The molecular formula is C30H62O4. The third-order valence-electron chi connectivity index (χ3n) is 6.74. The first-order valence-corrected chi connectivity index (χ1v) is 15.0. The molecule has 4 heteroatoms. The Morgan fingerprint density at radius 3 is 1.32 bits per heavy atom. The molecule has 0 rings (SSSR count). The van der Waals surface area contributed by atoms with E-state index < -0.39 is 0 Å². The van der Waals surface area contributed by atoms with Gasteiger partial charge in [0.25, 0.3) is 0 Å². The van der Waals surface area contributed by atoms with Gasteiger partial charge >= 0.3 is 0 Å². The molecule has 206 valence electrons. The number of hydrogen-bond donors (Lipinski definition) is 0. The van der Waals surface area contributed by atoms with Crippen molar-refractivity contribution in [2.24, 2.45) is 11.8 Å². The molecule has 34 heavy (non-hydrogen) atoms. The molecule has 0 aromatic heterocycles. The van der Waals surface area contributed by atoms with Crippen LogP contribution in [0.25, 0.3) is 0 Å². The summed E-state index contributed by atoms with van der Waals surface area (Å²) in [6.07, 6.45) is 21.4. The molecule has 0 N–H and O–H groups in total. The quantitative estimate of drug-likeness (QED) is 0.0992. The molecule has 0 bridgehead atoms. The molecule has 0 saturated heterocycles. The maximum atomic E-state index is 5.76. The Bertz CT molecular complexity index is 364. The first kappa shape index (κ1) is 33.8. The topological polar surface area (TPSA) is 36.9 Å². The molecule has 0 aliphatic heterocycles. The Hall–Kier alpha value is -0.160. The van der Waals surface area contributed by atoms with Crippen LogP contribution in [0.1, 0.15) is 130 Å². The minimum absolute atomic E-state index is 0.634. The SMILES string of the molecule is CCCCCCC(C)CCCOCCOCCOCCOCCCC(CCCC)CCCCC. The summed E-state index contributed by atoms with van der Waals surface area (Å²) in [5.74, 6) is 1.73. The molecule has 0 aliphatic rings. The van der Waals surface area contributed by atoms with Crippen molar-refractivity contribution < 1.29 is 18.9 Å². The third kappa shape index (κ3) is 26.4. The summed E-state index contributed by atoms with van der Waals surface area (Å²) >= 11 is 0. The van der Waals surface area contributed by atoms with E-state index in [4.69, 9.17) is 18.9 Å². The van der Waals surface area contributed by atoms with Crippen LogP contribution in [0.5, 0.6) is 0 Å². The van der Waals surface area contributed by atoms with Crippen LogP contribution in [0.2, 0.25) is 0 Å². The Morgan fingerprint density at radius 1 is 0.382 bits per heavy atom. The fourth-order valence-corrected chi connectivity index (χ4v) is 4.44. The van der Waals surface area contributed by atoms with Gasteiger partial charge in [0, 0.05) is 13.2 Å². The van der Waals surface area contributed by atoms with Crippen LogP contribution in [0.4, 0.5) is 0 Å². The van der Waals surface area contributed by atoms with Gasteiger partial charge in [0.05, 0.1) is 39.6 Å². The van der Waals surface area contributed by atoms with Gasteiger partial charge in [-0.25, -0.2) is 0 Å². The van der Waals surface area contributed by atoms with Crippen molar-refractivity contribution >= 4 is 0 Å². The van der Waals surface area contributed by atoms with Gasteiger partial charge in [0.2, 0.25) is 0 Å². The van der Waals surface area contributed by atoms with E-state index >= 15 is 0 Å². The lowest BCUT2D eigenvalue weighted by molar-refractivity contribution is -0.00293. The van der Waals surface area contributed by atoms with Gasteiger partial charge in [-0.15, -0.1) is 0 Å². The number of ether oxygens (including phenoxy) is 4. The molecule has 0 aromatic carbocycles. The van der Waals surface area contributed by atoms with Crippen molar-refractivity contribution in [1.82, 2.24) is 0 Å². The van der Waals surface area contributed by atoms with Crippen LogP contribution in [0.15, 0.2) is 0 Å². The Morgan fingerprint density at radius 2 is 0.765 bits per heavy atom. The number of unbranched alkanes of at least 4 members (excludes halogenated alkanes) is 6. The lowest BCUT2D eigenvalue weighted by Gasteiger charge is -2.16. The van der Waals surface area contributed by atoms with Crippen molar-refractivity contribution in [2.75, 3.05) is 52.9 Å². The summed E-state index contributed by atoms with van der Waals surface area (Å²) < 4.78 is 22.6. The zero-order chi connectivity index (χ0) is 25.0. The van der Waals surface area contributed by atoms with Crippen LogP contribution in [-0.4, -0.2) is 52.9 Å². The summed E-state index contributed by atoms with van der Waals surface area (Å²) in [7, 11) is 0. The molecule has 4 nitrogen and oxygen atoms in total. The second-order valence-electron chi connectivity index (χ2n) is 10.2. The number of hydrogen-bond acceptors (Lipinski definition) is 4. The van der Waals surface area contributed by atoms with E-state index in [1.54, 1.807) is 0 Å². The highest BCUT2D eigenvalue weighted by Gasteiger charge is 2.08. The van der Waals surface area contributed by atoms with E-state index in [-0.39, 0.29) is 0 Å². The molecule has 0 aromatic rings. The van der Waals surface area contributed by atoms with Crippen molar-refractivity contribution in [3.8, 4) is 0 Å². The van der Waals surface area contributed by atoms with E-state index in [9.17, 15) is 0 Å². The predicted octanol–water partition coefficient (Wildman–Crippen LogP) is 8.61. The standard InChI is InChI=1S/C30H62O4/c1-5-8-11-13-16-29(4)17-14-21-31-23-25-33-27-28-34-26-24-32-22-15-20-30(18-10-7-3)19-12-9-6-2/h29-30H,5-28H2,1-4H3. The van der Waals surface area contributed by atoms with Crippen LogP contribution >= 0.6 is 0 Å². The average molecular weight is 487 g/mol. The fourth-order valence-electron chi connectivity index (χ4n) is 4.44. The van der Waals surface area contributed by atoms with Crippen molar-refractivity contribution in [3.63, 3.8) is 0 Å². The minimum Gasteiger partial charge on any atom is -0.379 e. The van der Waals surface area contributed by atoms with Gasteiger partial charge < -0.3 is 18.9 Å². The van der Waals surface area contributed by atoms with Gasteiger partial charge in [-0.05, 0) is 37.5 Å². The first-order valence-electron chi connectivity index (χ1n) is 15.0. The van der Waals surface area contributed by atoms with Gasteiger partial charge in [0.15, 0.2) is 0 Å². The van der Waals surface area contributed by atoms with Crippen molar-refractivity contribution in [3.05, 3.63) is 0 Å². The second-order valence-corrected chi connectivity index (χ2v) is 10.2. The minimum atomic E-state index is 0.634. The smallest absolute Gasteiger partial charge is 0.0701 e. The Labute approximate surface area is 214 Å². The summed E-state index contributed by atoms with van der Waals surface area (Å²) in [5.41, 5.74) is 0. The lowest BCUT2D eigenvalue weighted by Crippen LogP contribution is -2.12. The van der Waals surface area contributed by atoms with Gasteiger partial charge in [-0.3, -0.25) is 0 Å². The van der Waals surface area contributed by atoms with Crippen LogP contribution in [-0.2, 0) is 18.9 Å². The molecule has 0 aliphatic carbocycles. The van der Waals surface area contributed by atoms with Crippen LogP contribution < -0.4 is 0 Å². The van der Waals surface area contributed by atoms with Crippen LogP contribution in [0, 0.1) is 11.8 Å². The second kappa shape index (κ2) is 29.1. The summed E-state index contributed by atoms with van der Waals surface area (Å²) in [5, 5.41) is 0.